The van der Waals surface area contributed by atoms with E-state index in [4.69, 9.17) is 0 Å². The first-order valence-corrected chi connectivity index (χ1v) is 10.7. The fraction of sp³-hybridized carbons (Fsp3) is 0.500. The number of carbonyl (C=O) groups is 1. The number of carbonyl (C=O) groups excluding carboxylic acids is 1. The van der Waals surface area contributed by atoms with Crippen LogP contribution in [0.4, 0.5) is 0 Å². The maximum absolute atomic E-state index is 13.2. The molecule has 0 unspecified atom stereocenters. The molecule has 0 N–H and O–H groups in total. The Hall–Kier alpha value is -2.20. The van der Waals surface area contributed by atoms with Crippen LogP contribution in [0, 0.1) is 5.41 Å². The standard InChI is InChI=1S/C24H29N3O/c28-23-22(20-6-2-1-3-7-20)15-24(18-27(23)21-8-9-21)10-13-26(14-11-24)17-19-5-4-12-25-16-19/h1-7,12,16,21-22H,8-11,13-15,17-18H2/t22-/m0/s1. The van der Waals surface area contributed by atoms with E-state index in [-0.39, 0.29) is 11.3 Å². The van der Waals surface area contributed by atoms with Gasteiger partial charge in [-0.1, -0.05) is 36.4 Å². The van der Waals surface area contributed by atoms with Crippen molar-refractivity contribution >= 4 is 5.91 Å². The lowest BCUT2D eigenvalue weighted by molar-refractivity contribution is -0.142. The number of pyridine rings is 1. The van der Waals surface area contributed by atoms with Crippen molar-refractivity contribution in [3.8, 4) is 0 Å². The molecule has 1 spiro atoms. The fourth-order valence-electron chi connectivity index (χ4n) is 5.16. The Labute approximate surface area is 167 Å². The van der Waals surface area contributed by atoms with Crippen molar-refractivity contribution in [3.05, 3.63) is 66.0 Å². The molecule has 1 saturated carbocycles. The molecular formula is C24H29N3O. The first-order valence-electron chi connectivity index (χ1n) is 10.7. The molecular weight excluding hydrogens is 346 g/mol. The zero-order valence-electron chi connectivity index (χ0n) is 16.5. The summed E-state index contributed by atoms with van der Waals surface area (Å²) < 4.78 is 0. The van der Waals surface area contributed by atoms with E-state index in [1.807, 2.05) is 24.5 Å². The summed E-state index contributed by atoms with van der Waals surface area (Å²) in [6.07, 6.45) is 9.58. The Kier molecular flexibility index (Phi) is 4.67. The summed E-state index contributed by atoms with van der Waals surface area (Å²) >= 11 is 0. The van der Waals surface area contributed by atoms with Gasteiger partial charge in [0.1, 0.15) is 0 Å². The highest BCUT2D eigenvalue weighted by molar-refractivity contribution is 5.85. The lowest BCUT2D eigenvalue weighted by Gasteiger charge is -2.50. The Morgan fingerprint density at radius 3 is 2.50 bits per heavy atom. The summed E-state index contributed by atoms with van der Waals surface area (Å²) in [5.41, 5.74) is 2.77. The molecule has 5 rings (SSSR count). The van der Waals surface area contributed by atoms with Gasteiger partial charge in [0, 0.05) is 31.5 Å². The van der Waals surface area contributed by atoms with Crippen LogP contribution in [0.5, 0.6) is 0 Å². The van der Waals surface area contributed by atoms with E-state index in [2.05, 4.69) is 45.1 Å². The third-order valence-electron chi connectivity index (χ3n) is 6.96. The molecule has 1 amide bonds. The Morgan fingerprint density at radius 2 is 1.82 bits per heavy atom. The number of amides is 1. The molecule has 2 aliphatic heterocycles. The normalized spacial score (nSPS) is 25.2. The van der Waals surface area contributed by atoms with Crippen LogP contribution in [0.3, 0.4) is 0 Å². The Bertz CT molecular complexity index is 810. The number of rotatable bonds is 4. The molecule has 0 bridgehead atoms. The molecule has 2 saturated heterocycles. The van der Waals surface area contributed by atoms with Crippen LogP contribution < -0.4 is 0 Å². The molecule has 1 atom stereocenters. The zero-order chi connectivity index (χ0) is 19.0. The van der Waals surface area contributed by atoms with Gasteiger partial charge in [-0.25, -0.2) is 0 Å². The third kappa shape index (κ3) is 3.58. The second-order valence-corrected chi connectivity index (χ2v) is 9.00. The monoisotopic (exact) mass is 375 g/mol. The van der Waals surface area contributed by atoms with Crippen LogP contribution in [0.25, 0.3) is 0 Å². The van der Waals surface area contributed by atoms with E-state index in [1.165, 1.54) is 36.8 Å². The van der Waals surface area contributed by atoms with E-state index in [1.54, 1.807) is 0 Å². The molecule has 1 aliphatic carbocycles. The van der Waals surface area contributed by atoms with Gasteiger partial charge in [-0.05, 0) is 67.8 Å². The van der Waals surface area contributed by atoms with Crippen LogP contribution >= 0.6 is 0 Å². The van der Waals surface area contributed by atoms with Gasteiger partial charge in [-0.3, -0.25) is 14.7 Å². The topological polar surface area (TPSA) is 36.4 Å². The van der Waals surface area contributed by atoms with Crippen molar-refractivity contribution in [1.82, 2.24) is 14.8 Å². The molecule has 146 valence electrons. The summed E-state index contributed by atoms with van der Waals surface area (Å²) in [4.78, 5) is 22.3. The molecule has 0 radical (unpaired) electrons. The number of benzene rings is 1. The highest BCUT2D eigenvalue weighted by atomic mass is 16.2. The molecule has 4 heteroatoms. The van der Waals surface area contributed by atoms with Crippen LogP contribution in [-0.4, -0.2) is 46.4 Å². The van der Waals surface area contributed by atoms with Crippen molar-refractivity contribution < 1.29 is 4.79 Å². The SMILES string of the molecule is O=C1[C@H](c2ccccc2)CC2(CCN(Cc3cccnc3)CC2)CN1C1CC1. The Balaban J connectivity index is 1.32. The van der Waals surface area contributed by atoms with Gasteiger partial charge in [0.2, 0.25) is 5.91 Å². The first kappa shape index (κ1) is 17.9. The smallest absolute Gasteiger partial charge is 0.230 e. The number of piperidine rings is 2. The zero-order valence-corrected chi connectivity index (χ0v) is 16.5. The Morgan fingerprint density at radius 1 is 1.04 bits per heavy atom. The molecule has 2 aromatic rings. The lowest BCUT2D eigenvalue weighted by atomic mass is 9.67. The minimum atomic E-state index is 0.0421. The number of nitrogens with zero attached hydrogens (tertiary/aromatic N) is 3. The number of aromatic nitrogens is 1. The summed E-state index contributed by atoms with van der Waals surface area (Å²) in [6.45, 7) is 4.18. The van der Waals surface area contributed by atoms with E-state index < -0.39 is 0 Å². The summed E-state index contributed by atoms with van der Waals surface area (Å²) in [5, 5.41) is 0. The van der Waals surface area contributed by atoms with Crippen molar-refractivity contribution in [2.45, 2.75) is 50.6 Å². The predicted molar refractivity (Wildman–Crippen MR) is 110 cm³/mol. The van der Waals surface area contributed by atoms with Crippen LogP contribution in [0.1, 0.15) is 49.1 Å². The number of hydrogen-bond acceptors (Lipinski definition) is 3. The maximum atomic E-state index is 13.2. The van der Waals surface area contributed by atoms with Gasteiger partial charge in [0.05, 0.1) is 5.92 Å². The molecule has 3 aliphatic rings. The second-order valence-electron chi connectivity index (χ2n) is 9.00. The molecule has 1 aromatic heterocycles. The largest absolute Gasteiger partial charge is 0.339 e. The highest BCUT2D eigenvalue weighted by Gasteiger charge is 2.49. The predicted octanol–water partition coefficient (Wildman–Crippen LogP) is 3.84. The van der Waals surface area contributed by atoms with E-state index in [0.717, 1.165) is 32.6 Å². The van der Waals surface area contributed by atoms with Crippen molar-refractivity contribution in [1.29, 1.82) is 0 Å². The first-order chi connectivity index (χ1) is 13.7. The average molecular weight is 376 g/mol. The lowest BCUT2D eigenvalue weighted by Crippen LogP contribution is -2.54. The van der Waals surface area contributed by atoms with E-state index in [0.29, 0.717) is 11.9 Å². The third-order valence-corrected chi connectivity index (χ3v) is 6.96. The van der Waals surface area contributed by atoms with Gasteiger partial charge in [0.15, 0.2) is 0 Å². The maximum Gasteiger partial charge on any atom is 0.230 e. The second kappa shape index (κ2) is 7.32. The van der Waals surface area contributed by atoms with Gasteiger partial charge in [0.25, 0.3) is 0 Å². The van der Waals surface area contributed by atoms with Crippen molar-refractivity contribution in [2.24, 2.45) is 5.41 Å². The molecule has 28 heavy (non-hydrogen) atoms. The quantitative estimate of drug-likeness (QED) is 0.815. The van der Waals surface area contributed by atoms with Gasteiger partial charge < -0.3 is 4.90 Å². The average Bonchev–Trinajstić information content (AvgIpc) is 3.58. The minimum Gasteiger partial charge on any atom is -0.339 e. The minimum absolute atomic E-state index is 0.0421. The molecule has 3 heterocycles. The fourth-order valence-corrected chi connectivity index (χ4v) is 5.16. The number of hydrogen-bond donors (Lipinski definition) is 0. The summed E-state index contributed by atoms with van der Waals surface area (Å²) in [6, 6.07) is 15.2. The van der Waals surface area contributed by atoms with Gasteiger partial charge in [-0.15, -0.1) is 0 Å². The number of likely N-dealkylation sites (tertiary alicyclic amines) is 2. The van der Waals surface area contributed by atoms with Crippen LogP contribution in [0.2, 0.25) is 0 Å². The van der Waals surface area contributed by atoms with Gasteiger partial charge in [-0.2, -0.15) is 0 Å². The van der Waals surface area contributed by atoms with Crippen molar-refractivity contribution in [3.63, 3.8) is 0 Å². The highest BCUT2D eigenvalue weighted by Crippen LogP contribution is 2.48. The molecule has 1 aromatic carbocycles. The van der Waals surface area contributed by atoms with E-state index >= 15 is 0 Å². The van der Waals surface area contributed by atoms with Gasteiger partial charge >= 0.3 is 0 Å². The van der Waals surface area contributed by atoms with Crippen LogP contribution in [0.15, 0.2) is 54.9 Å². The van der Waals surface area contributed by atoms with E-state index in [9.17, 15) is 4.79 Å². The van der Waals surface area contributed by atoms with Crippen LogP contribution in [-0.2, 0) is 11.3 Å². The summed E-state index contributed by atoms with van der Waals surface area (Å²) in [7, 11) is 0. The molecule has 4 nitrogen and oxygen atoms in total. The summed E-state index contributed by atoms with van der Waals surface area (Å²) in [5.74, 6) is 0.414. The molecule has 3 fully saturated rings. The van der Waals surface area contributed by atoms with Crippen molar-refractivity contribution in [2.75, 3.05) is 19.6 Å².